The van der Waals surface area contributed by atoms with Gasteiger partial charge in [-0.05, 0) is 25.4 Å². The molecule has 0 saturated carbocycles. The molecule has 1 atom stereocenters. The van der Waals surface area contributed by atoms with Gasteiger partial charge in [0.1, 0.15) is 0 Å². The van der Waals surface area contributed by atoms with E-state index in [0.29, 0.717) is 5.92 Å². The molecule has 0 radical (unpaired) electrons. The van der Waals surface area contributed by atoms with Gasteiger partial charge in [0.25, 0.3) is 0 Å². The van der Waals surface area contributed by atoms with Crippen molar-refractivity contribution in [2.24, 2.45) is 5.92 Å². The molecule has 1 aromatic rings. The van der Waals surface area contributed by atoms with Gasteiger partial charge in [0.05, 0.1) is 11.4 Å². The second-order valence-electron chi connectivity index (χ2n) is 3.85. The molecular formula is C10H14N2O2S. The first-order valence-electron chi connectivity index (χ1n) is 5.10. The standard InChI is InChI=1S/C10H14N2O2S/c13-10(14)4-8-6-12-9(15-8)3-7-1-2-11-5-7/h6-7,11H,1-5H2,(H,13,14). The van der Waals surface area contributed by atoms with Crippen molar-refractivity contribution in [1.82, 2.24) is 10.3 Å². The molecule has 0 amide bonds. The maximum absolute atomic E-state index is 10.5. The van der Waals surface area contributed by atoms with Gasteiger partial charge in [-0.3, -0.25) is 4.79 Å². The van der Waals surface area contributed by atoms with Gasteiger partial charge in [0.2, 0.25) is 0 Å². The van der Waals surface area contributed by atoms with Crippen LogP contribution in [0, 0.1) is 5.92 Å². The number of rotatable bonds is 4. The molecule has 1 aliphatic heterocycles. The molecule has 15 heavy (non-hydrogen) atoms. The van der Waals surface area contributed by atoms with Crippen molar-refractivity contribution in [2.75, 3.05) is 13.1 Å². The van der Waals surface area contributed by atoms with E-state index in [2.05, 4.69) is 10.3 Å². The van der Waals surface area contributed by atoms with Gasteiger partial charge in [-0.2, -0.15) is 0 Å². The number of hydrogen-bond donors (Lipinski definition) is 2. The summed E-state index contributed by atoms with van der Waals surface area (Å²) in [7, 11) is 0. The molecule has 82 valence electrons. The number of carbonyl (C=O) groups is 1. The molecule has 0 aromatic carbocycles. The zero-order chi connectivity index (χ0) is 10.7. The zero-order valence-corrected chi connectivity index (χ0v) is 9.22. The van der Waals surface area contributed by atoms with Crippen molar-refractivity contribution in [3.63, 3.8) is 0 Å². The van der Waals surface area contributed by atoms with E-state index in [0.717, 1.165) is 29.4 Å². The summed E-state index contributed by atoms with van der Waals surface area (Å²) in [4.78, 5) is 15.6. The molecule has 0 bridgehead atoms. The molecule has 2 N–H and O–H groups in total. The number of hydrogen-bond acceptors (Lipinski definition) is 4. The quantitative estimate of drug-likeness (QED) is 0.801. The summed E-state index contributed by atoms with van der Waals surface area (Å²) in [6, 6.07) is 0. The number of nitrogens with one attached hydrogen (secondary N) is 1. The monoisotopic (exact) mass is 226 g/mol. The van der Waals surface area contributed by atoms with Crippen molar-refractivity contribution in [3.05, 3.63) is 16.1 Å². The average Bonchev–Trinajstić information content (AvgIpc) is 2.77. The van der Waals surface area contributed by atoms with E-state index in [1.807, 2.05) is 0 Å². The number of thiazole rings is 1. The van der Waals surface area contributed by atoms with E-state index in [1.165, 1.54) is 17.8 Å². The van der Waals surface area contributed by atoms with Gasteiger partial charge in [0, 0.05) is 17.5 Å². The fraction of sp³-hybridized carbons (Fsp3) is 0.600. The van der Waals surface area contributed by atoms with Crippen LogP contribution in [0.15, 0.2) is 6.20 Å². The van der Waals surface area contributed by atoms with Gasteiger partial charge in [-0.15, -0.1) is 11.3 Å². The van der Waals surface area contributed by atoms with Crippen LogP contribution in [-0.4, -0.2) is 29.1 Å². The largest absolute Gasteiger partial charge is 0.481 e. The van der Waals surface area contributed by atoms with Crippen LogP contribution >= 0.6 is 11.3 Å². The molecule has 1 fully saturated rings. The highest BCUT2D eigenvalue weighted by atomic mass is 32.1. The zero-order valence-electron chi connectivity index (χ0n) is 8.40. The van der Waals surface area contributed by atoms with Crippen LogP contribution in [0.25, 0.3) is 0 Å². The molecule has 0 spiro atoms. The Morgan fingerprint density at radius 2 is 2.60 bits per heavy atom. The lowest BCUT2D eigenvalue weighted by molar-refractivity contribution is -0.136. The van der Waals surface area contributed by atoms with Crippen LogP contribution in [0.3, 0.4) is 0 Å². The summed E-state index contributed by atoms with van der Waals surface area (Å²) in [6.07, 6.45) is 3.97. The molecule has 1 unspecified atom stereocenters. The van der Waals surface area contributed by atoms with Gasteiger partial charge in [-0.25, -0.2) is 4.98 Å². The second-order valence-corrected chi connectivity index (χ2v) is 5.05. The highest BCUT2D eigenvalue weighted by Crippen LogP contribution is 2.20. The van der Waals surface area contributed by atoms with Crippen molar-refractivity contribution >= 4 is 17.3 Å². The van der Waals surface area contributed by atoms with Gasteiger partial charge >= 0.3 is 5.97 Å². The van der Waals surface area contributed by atoms with Crippen molar-refractivity contribution < 1.29 is 9.90 Å². The van der Waals surface area contributed by atoms with E-state index >= 15 is 0 Å². The molecule has 5 heteroatoms. The summed E-state index contributed by atoms with van der Waals surface area (Å²) in [5, 5.41) is 13.0. The van der Waals surface area contributed by atoms with E-state index in [9.17, 15) is 4.79 Å². The molecule has 0 aliphatic carbocycles. The number of carboxylic acids is 1. The van der Waals surface area contributed by atoms with Gasteiger partial charge in [-0.1, -0.05) is 0 Å². The third kappa shape index (κ3) is 3.00. The first-order chi connectivity index (χ1) is 7.24. The van der Waals surface area contributed by atoms with Gasteiger partial charge < -0.3 is 10.4 Å². The highest BCUT2D eigenvalue weighted by molar-refractivity contribution is 7.11. The van der Waals surface area contributed by atoms with E-state index < -0.39 is 5.97 Å². The number of nitrogens with zero attached hydrogens (tertiary/aromatic N) is 1. The Kier molecular flexibility index (Phi) is 3.33. The Balaban J connectivity index is 1.91. The molecular weight excluding hydrogens is 212 g/mol. The lowest BCUT2D eigenvalue weighted by atomic mass is 10.1. The second kappa shape index (κ2) is 4.72. The first-order valence-corrected chi connectivity index (χ1v) is 5.92. The minimum atomic E-state index is -0.785. The molecule has 2 heterocycles. The minimum Gasteiger partial charge on any atom is -0.481 e. The maximum atomic E-state index is 10.5. The predicted octanol–water partition coefficient (Wildman–Crippen LogP) is 0.922. The summed E-state index contributed by atoms with van der Waals surface area (Å²) in [6.45, 7) is 2.16. The average molecular weight is 226 g/mol. The normalized spacial score (nSPS) is 20.7. The number of aromatic nitrogens is 1. The van der Waals surface area contributed by atoms with Crippen molar-refractivity contribution in [1.29, 1.82) is 0 Å². The van der Waals surface area contributed by atoms with Gasteiger partial charge in [0.15, 0.2) is 0 Å². The fourth-order valence-corrected chi connectivity index (χ4v) is 2.84. The summed E-state index contributed by atoms with van der Waals surface area (Å²) < 4.78 is 0. The maximum Gasteiger partial charge on any atom is 0.308 e. The molecule has 2 rings (SSSR count). The Morgan fingerprint density at radius 1 is 1.73 bits per heavy atom. The summed E-state index contributed by atoms with van der Waals surface area (Å²) in [5.74, 6) is -0.110. The van der Waals surface area contributed by atoms with Crippen LogP contribution in [0.4, 0.5) is 0 Å². The third-order valence-corrected chi connectivity index (χ3v) is 3.57. The molecule has 1 aliphatic rings. The van der Waals surface area contributed by atoms with E-state index in [1.54, 1.807) is 6.20 Å². The Labute approximate surface area is 92.3 Å². The van der Waals surface area contributed by atoms with Crippen LogP contribution < -0.4 is 5.32 Å². The lowest BCUT2D eigenvalue weighted by Crippen LogP contribution is -2.10. The van der Waals surface area contributed by atoms with Crippen molar-refractivity contribution in [3.8, 4) is 0 Å². The highest BCUT2D eigenvalue weighted by Gasteiger charge is 2.16. The lowest BCUT2D eigenvalue weighted by Gasteiger charge is -2.03. The minimum absolute atomic E-state index is 0.0978. The SMILES string of the molecule is O=C(O)Cc1cnc(CC2CCNC2)s1. The predicted molar refractivity (Wildman–Crippen MR) is 58.1 cm³/mol. The van der Waals surface area contributed by atoms with E-state index in [-0.39, 0.29) is 6.42 Å². The molecule has 1 aromatic heterocycles. The Morgan fingerprint density at radius 3 is 3.27 bits per heavy atom. The topological polar surface area (TPSA) is 62.2 Å². The fourth-order valence-electron chi connectivity index (χ4n) is 1.81. The van der Waals surface area contributed by atoms with Crippen molar-refractivity contribution in [2.45, 2.75) is 19.3 Å². The molecule has 1 saturated heterocycles. The number of aliphatic carboxylic acids is 1. The third-order valence-electron chi connectivity index (χ3n) is 2.55. The summed E-state index contributed by atoms with van der Waals surface area (Å²) in [5.41, 5.74) is 0. The van der Waals surface area contributed by atoms with Crippen LogP contribution in [-0.2, 0) is 17.6 Å². The van der Waals surface area contributed by atoms with Crippen LogP contribution in [0.5, 0.6) is 0 Å². The first kappa shape index (κ1) is 10.6. The number of carboxylic acid groups (broad SMARTS) is 1. The molecule has 4 nitrogen and oxygen atoms in total. The Hall–Kier alpha value is -0.940. The van der Waals surface area contributed by atoms with Crippen LogP contribution in [0.2, 0.25) is 0 Å². The van der Waals surface area contributed by atoms with Crippen LogP contribution in [0.1, 0.15) is 16.3 Å². The summed E-state index contributed by atoms with van der Waals surface area (Å²) >= 11 is 1.53. The van der Waals surface area contributed by atoms with E-state index in [4.69, 9.17) is 5.11 Å². The Bertz CT molecular complexity index is 345. The smallest absolute Gasteiger partial charge is 0.308 e.